The van der Waals surface area contributed by atoms with Crippen molar-refractivity contribution in [1.82, 2.24) is 10.6 Å². The zero-order chi connectivity index (χ0) is 19.2. The van der Waals surface area contributed by atoms with Gasteiger partial charge in [-0.3, -0.25) is 14.9 Å². The number of carboxylic acids is 1. The number of carbonyl (C=O) groups is 2. The van der Waals surface area contributed by atoms with Crippen LogP contribution in [0.15, 0.2) is 67.0 Å². The minimum atomic E-state index is -1.43. The highest BCUT2D eigenvalue weighted by molar-refractivity contribution is 5.88. The molecule has 3 atom stereocenters. The Bertz CT molecular complexity index is 729. The number of benzene rings is 1. The fraction of sp³-hybridized carbons (Fsp3) is 0.263. The first-order valence-electron chi connectivity index (χ1n) is 8.09. The van der Waals surface area contributed by atoms with Crippen molar-refractivity contribution in [2.75, 3.05) is 6.54 Å². The monoisotopic (exact) mass is 358 g/mol. The molecule has 1 heterocycles. The predicted octanol–water partition coefficient (Wildman–Crippen LogP) is 0.984. The van der Waals surface area contributed by atoms with Gasteiger partial charge in [0.2, 0.25) is 5.91 Å². The van der Waals surface area contributed by atoms with E-state index < -0.39 is 30.1 Å². The topological polar surface area (TPSA) is 108 Å². The molecule has 0 spiro atoms. The summed E-state index contributed by atoms with van der Waals surface area (Å²) in [6, 6.07) is 7.87. The van der Waals surface area contributed by atoms with Crippen molar-refractivity contribution in [3.63, 3.8) is 0 Å². The number of amides is 1. The molecule has 0 saturated carbocycles. The number of allylic oxidation sites excluding steroid dienone is 3. The van der Waals surface area contributed by atoms with E-state index in [2.05, 4.69) is 17.2 Å². The Balaban J connectivity index is 2.04. The first kappa shape index (κ1) is 19.4. The van der Waals surface area contributed by atoms with Crippen molar-refractivity contribution in [1.29, 1.82) is 0 Å². The summed E-state index contributed by atoms with van der Waals surface area (Å²) in [6.45, 7) is 4.91. The molecule has 7 nitrogen and oxygen atoms in total. The number of hydrogen-bond donors (Lipinski definition) is 4. The molecule has 1 fully saturated rings. The Morgan fingerprint density at radius 1 is 1.38 bits per heavy atom. The van der Waals surface area contributed by atoms with Crippen LogP contribution in [0.4, 0.5) is 0 Å². The summed E-state index contributed by atoms with van der Waals surface area (Å²) >= 11 is 0. The van der Waals surface area contributed by atoms with Crippen molar-refractivity contribution in [3.05, 3.63) is 67.0 Å². The van der Waals surface area contributed by atoms with Gasteiger partial charge in [0, 0.05) is 6.04 Å². The molecule has 26 heavy (non-hydrogen) atoms. The number of carbonyl (C=O) groups excluding carboxylic acids is 1. The lowest BCUT2D eigenvalue weighted by Gasteiger charge is -2.49. The first-order valence-corrected chi connectivity index (χ1v) is 8.09. The van der Waals surface area contributed by atoms with E-state index in [-0.39, 0.29) is 6.04 Å². The second-order valence-electron chi connectivity index (χ2n) is 5.87. The van der Waals surface area contributed by atoms with Gasteiger partial charge in [0.05, 0.1) is 0 Å². The highest BCUT2D eigenvalue weighted by Crippen LogP contribution is 2.28. The zero-order valence-electron chi connectivity index (χ0n) is 14.4. The third kappa shape index (κ3) is 4.59. The lowest BCUT2D eigenvalue weighted by molar-refractivity contribution is -0.144. The Labute approximate surface area is 151 Å². The minimum absolute atomic E-state index is 0.366. The lowest BCUT2D eigenvalue weighted by atomic mass is 9.77. The molecule has 7 heteroatoms. The van der Waals surface area contributed by atoms with E-state index >= 15 is 0 Å². The maximum Gasteiger partial charge on any atom is 0.322 e. The normalized spacial score (nSPS) is 25.4. The predicted molar refractivity (Wildman–Crippen MR) is 96.5 cm³/mol. The maximum atomic E-state index is 12.0. The molecular weight excluding hydrogens is 336 g/mol. The average Bonchev–Trinajstić information content (AvgIpc) is 2.63. The summed E-state index contributed by atoms with van der Waals surface area (Å²) in [4.78, 5) is 22.5. The standard InChI is InChI=1S/C19H22N2O5/c1-3-14(26-15-8-5-4-6-9-15)10-7-11-19(25)13(2)21-17(19)18(24)20-12-16(22)23/h3-11,13,17,21,25H,1,12H2,2H3,(H,20,24)(H,22,23)/b11-7+,14-10+/t13?,17?,19-/m0/s1. The fourth-order valence-corrected chi connectivity index (χ4v) is 2.53. The molecule has 138 valence electrons. The third-order valence-corrected chi connectivity index (χ3v) is 4.05. The van der Waals surface area contributed by atoms with Crippen molar-refractivity contribution >= 4 is 11.9 Å². The van der Waals surface area contributed by atoms with E-state index in [1.54, 1.807) is 31.2 Å². The van der Waals surface area contributed by atoms with Crippen LogP contribution in [0.5, 0.6) is 5.75 Å². The highest BCUT2D eigenvalue weighted by Gasteiger charge is 2.53. The van der Waals surface area contributed by atoms with Crippen molar-refractivity contribution < 1.29 is 24.5 Å². The van der Waals surface area contributed by atoms with Crippen LogP contribution in [-0.4, -0.2) is 46.3 Å². The first-order chi connectivity index (χ1) is 12.4. The van der Waals surface area contributed by atoms with Gasteiger partial charge in [-0.15, -0.1) is 0 Å². The molecule has 1 aliphatic rings. The van der Waals surface area contributed by atoms with Crippen LogP contribution < -0.4 is 15.4 Å². The molecule has 1 amide bonds. The van der Waals surface area contributed by atoms with E-state index in [9.17, 15) is 14.7 Å². The Morgan fingerprint density at radius 2 is 2.08 bits per heavy atom. The van der Waals surface area contributed by atoms with E-state index in [4.69, 9.17) is 9.84 Å². The number of rotatable bonds is 8. The van der Waals surface area contributed by atoms with Crippen LogP contribution in [-0.2, 0) is 9.59 Å². The molecule has 1 aromatic rings. The largest absolute Gasteiger partial charge is 0.480 e. The summed E-state index contributed by atoms with van der Waals surface area (Å²) in [6.07, 6.45) is 6.21. The van der Waals surface area contributed by atoms with Gasteiger partial charge in [0.15, 0.2) is 0 Å². The Morgan fingerprint density at radius 3 is 2.65 bits per heavy atom. The molecule has 1 aliphatic heterocycles. The van der Waals surface area contributed by atoms with Gasteiger partial charge in [-0.1, -0.05) is 30.9 Å². The number of ether oxygens (including phenoxy) is 1. The number of carboxylic acid groups (broad SMARTS) is 1. The molecule has 0 bridgehead atoms. The van der Waals surface area contributed by atoms with Crippen LogP contribution in [0.3, 0.4) is 0 Å². The van der Waals surface area contributed by atoms with Gasteiger partial charge >= 0.3 is 5.97 Å². The van der Waals surface area contributed by atoms with E-state index in [0.717, 1.165) is 0 Å². The average molecular weight is 358 g/mol. The van der Waals surface area contributed by atoms with Crippen molar-refractivity contribution in [2.45, 2.75) is 24.6 Å². The van der Waals surface area contributed by atoms with E-state index in [0.29, 0.717) is 11.5 Å². The third-order valence-electron chi connectivity index (χ3n) is 4.05. The van der Waals surface area contributed by atoms with Crippen molar-refractivity contribution in [3.8, 4) is 5.75 Å². The summed E-state index contributed by atoms with van der Waals surface area (Å²) in [5, 5.41) is 24.4. The van der Waals surface area contributed by atoms with Gasteiger partial charge in [-0.25, -0.2) is 0 Å². The molecule has 2 rings (SSSR count). The Kier molecular flexibility index (Phi) is 6.32. The molecule has 1 aromatic carbocycles. The van der Waals surface area contributed by atoms with Gasteiger partial charge in [-0.05, 0) is 37.3 Å². The van der Waals surface area contributed by atoms with Gasteiger partial charge in [0.1, 0.15) is 29.7 Å². The number of hydrogen-bond acceptors (Lipinski definition) is 5. The fourth-order valence-electron chi connectivity index (χ4n) is 2.53. The quantitative estimate of drug-likeness (QED) is 0.408. The molecule has 0 aromatic heterocycles. The molecule has 0 aliphatic carbocycles. The van der Waals surface area contributed by atoms with Crippen LogP contribution in [0.1, 0.15) is 6.92 Å². The number of nitrogens with one attached hydrogen (secondary N) is 2. The smallest absolute Gasteiger partial charge is 0.322 e. The second-order valence-corrected chi connectivity index (χ2v) is 5.87. The minimum Gasteiger partial charge on any atom is -0.480 e. The molecule has 1 saturated heterocycles. The number of aliphatic hydroxyl groups is 1. The summed E-state index contributed by atoms with van der Waals surface area (Å²) < 4.78 is 5.65. The second kappa shape index (κ2) is 8.46. The number of para-hydroxylation sites is 1. The highest BCUT2D eigenvalue weighted by atomic mass is 16.5. The van der Waals surface area contributed by atoms with E-state index in [1.165, 1.54) is 12.2 Å². The molecule has 0 radical (unpaired) electrons. The van der Waals surface area contributed by atoms with Gasteiger partial charge < -0.3 is 20.3 Å². The van der Waals surface area contributed by atoms with Crippen molar-refractivity contribution in [2.24, 2.45) is 0 Å². The molecule has 4 N–H and O–H groups in total. The molecule has 2 unspecified atom stereocenters. The summed E-state index contributed by atoms with van der Waals surface area (Å²) in [7, 11) is 0. The summed E-state index contributed by atoms with van der Waals surface area (Å²) in [5.74, 6) is -0.606. The SMILES string of the molecule is C=C/C(=C\C=C\[C@]1(O)C(C)NC1C(=O)NCC(=O)O)Oc1ccccc1. The van der Waals surface area contributed by atoms with Crippen LogP contribution >= 0.6 is 0 Å². The zero-order valence-corrected chi connectivity index (χ0v) is 14.4. The van der Waals surface area contributed by atoms with E-state index in [1.807, 2.05) is 18.2 Å². The summed E-state index contributed by atoms with van der Waals surface area (Å²) in [5.41, 5.74) is -1.43. The maximum absolute atomic E-state index is 12.0. The van der Waals surface area contributed by atoms with Crippen LogP contribution in [0.25, 0.3) is 0 Å². The van der Waals surface area contributed by atoms with Crippen LogP contribution in [0.2, 0.25) is 0 Å². The molecular formula is C19H22N2O5. The van der Waals surface area contributed by atoms with Gasteiger partial charge in [0.25, 0.3) is 0 Å². The lowest BCUT2D eigenvalue weighted by Crippen LogP contribution is -2.77. The van der Waals surface area contributed by atoms with Crippen LogP contribution in [0, 0.1) is 0 Å². The van der Waals surface area contributed by atoms with Gasteiger partial charge in [-0.2, -0.15) is 0 Å². The Hall–Kier alpha value is -2.90. The number of aliphatic carboxylic acids is 1.